The summed E-state index contributed by atoms with van der Waals surface area (Å²) in [6, 6.07) is 8.80. The summed E-state index contributed by atoms with van der Waals surface area (Å²) in [4.78, 5) is -0.0148. The molecule has 104 valence electrons. The number of hydrogen-bond acceptors (Lipinski definition) is 2. The molecular weight excluding hydrogens is 348 g/mol. The Kier molecular flexibility index (Phi) is 4.67. The van der Waals surface area contributed by atoms with Gasteiger partial charge in [0.15, 0.2) is 0 Å². The highest BCUT2D eigenvalue weighted by atomic mass is 79.9. The molecule has 6 heteroatoms. The molecule has 0 aliphatic carbocycles. The molecule has 0 aliphatic heterocycles. The predicted octanol–water partition coefficient (Wildman–Crippen LogP) is 3.94. The van der Waals surface area contributed by atoms with Crippen molar-refractivity contribution in [2.75, 3.05) is 0 Å². The van der Waals surface area contributed by atoms with Crippen LogP contribution in [0.1, 0.15) is 11.1 Å². The summed E-state index contributed by atoms with van der Waals surface area (Å²) < 4.78 is 32.5. The first-order valence-corrected chi connectivity index (χ1v) is 6.83. The van der Waals surface area contributed by atoms with Crippen LogP contribution in [0.2, 0.25) is 0 Å². The first-order chi connectivity index (χ1) is 9.47. The molecule has 2 aromatic carbocycles. The zero-order chi connectivity index (χ0) is 14.7. The number of ether oxygens (including phenoxy) is 1. The monoisotopic (exact) mass is 357 g/mol. The average Bonchev–Trinajstić information content (AvgIpc) is 2.41. The smallest absolute Gasteiger partial charge is 0.141 e. The van der Waals surface area contributed by atoms with Crippen LogP contribution in [0.25, 0.3) is 0 Å². The lowest BCUT2D eigenvalue weighted by Crippen LogP contribution is -2.12. The standard InChI is InChI=1S/C14H10BrF2NOS/c15-11-3-2-9(6-13(11)17)19-7-8-1-4-12(16)10(5-8)14(18)20/h1-6H,7H2,(H2,18,20). The van der Waals surface area contributed by atoms with Gasteiger partial charge in [0.1, 0.15) is 29.0 Å². The van der Waals surface area contributed by atoms with E-state index >= 15 is 0 Å². The van der Waals surface area contributed by atoms with E-state index in [4.69, 9.17) is 22.7 Å². The summed E-state index contributed by atoms with van der Waals surface area (Å²) >= 11 is 7.82. The third kappa shape index (κ3) is 3.52. The summed E-state index contributed by atoms with van der Waals surface area (Å²) in [5.41, 5.74) is 6.28. The van der Waals surface area contributed by atoms with Crippen molar-refractivity contribution in [1.29, 1.82) is 0 Å². The van der Waals surface area contributed by atoms with E-state index < -0.39 is 11.6 Å². The van der Waals surface area contributed by atoms with Gasteiger partial charge in [0, 0.05) is 11.6 Å². The summed E-state index contributed by atoms with van der Waals surface area (Å²) in [6.45, 7) is 0.164. The molecule has 0 unspecified atom stereocenters. The highest BCUT2D eigenvalue weighted by Gasteiger charge is 2.07. The minimum Gasteiger partial charge on any atom is -0.489 e. The van der Waals surface area contributed by atoms with E-state index in [9.17, 15) is 8.78 Å². The Balaban J connectivity index is 2.12. The van der Waals surface area contributed by atoms with Crippen molar-refractivity contribution in [2.24, 2.45) is 5.73 Å². The summed E-state index contributed by atoms with van der Waals surface area (Å²) in [7, 11) is 0. The number of nitrogens with two attached hydrogens (primary N) is 1. The molecule has 0 aliphatic rings. The zero-order valence-electron chi connectivity index (χ0n) is 10.2. The summed E-state index contributed by atoms with van der Waals surface area (Å²) in [6.07, 6.45) is 0. The maximum atomic E-state index is 13.4. The van der Waals surface area contributed by atoms with Crippen molar-refractivity contribution in [1.82, 2.24) is 0 Å². The van der Waals surface area contributed by atoms with Gasteiger partial charge >= 0.3 is 0 Å². The van der Waals surface area contributed by atoms with E-state index in [2.05, 4.69) is 15.9 Å². The van der Waals surface area contributed by atoms with E-state index in [0.29, 0.717) is 15.8 Å². The molecule has 0 saturated heterocycles. The fourth-order valence-electron chi connectivity index (χ4n) is 1.58. The van der Waals surface area contributed by atoms with Crippen LogP contribution in [0.3, 0.4) is 0 Å². The molecule has 0 bridgehead atoms. The fourth-order valence-corrected chi connectivity index (χ4v) is 1.99. The van der Waals surface area contributed by atoms with Gasteiger partial charge in [0.05, 0.1) is 4.47 Å². The van der Waals surface area contributed by atoms with Crippen molar-refractivity contribution >= 4 is 33.1 Å². The normalized spacial score (nSPS) is 10.3. The van der Waals surface area contributed by atoms with E-state index in [0.717, 1.165) is 0 Å². The van der Waals surface area contributed by atoms with Gasteiger partial charge < -0.3 is 10.5 Å². The summed E-state index contributed by atoms with van der Waals surface area (Å²) in [5.74, 6) is -0.506. The van der Waals surface area contributed by atoms with Gasteiger partial charge in [-0.05, 0) is 45.8 Å². The molecule has 0 amide bonds. The lowest BCUT2D eigenvalue weighted by molar-refractivity contribution is 0.304. The van der Waals surface area contributed by atoms with Crippen molar-refractivity contribution in [3.05, 3.63) is 63.6 Å². The molecule has 0 aromatic heterocycles. The Hall–Kier alpha value is -1.53. The lowest BCUT2D eigenvalue weighted by Gasteiger charge is -2.08. The van der Waals surface area contributed by atoms with Gasteiger partial charge in [0.25, 0.3) is 0 Å². The second-order valence-electron chi connectivity index (χ2n) is 4.04. The average molecular weight is 358 g/mol. The summed E-state index contributed by atoms with van der Waals surface area (Å²) in [5, 5.41) is 0. The molecule has 2 nitrogen and oxygen atoms in total. The molecule has 2 aromatic rings. The van der Waals surface area contributed by atoms with Crippen LogP contribution in [0.4, 0.5) is 8.78 Å². The van der Waals surface area contributed by atoms with Crippen LogP contribution >= 0.6 is 28.1 Å². The van der Waals surface area contributed by atoms with Crippen LogP contribution in [-0.2, 0) is 6.61 Å². The Bertz CT molecular complexity index is 664. The number of benzene rings is 2. The highest BCUT2D eigenvalue weighted by Crippen LogP contribution is 2.22. The molecule has 0 heterocycles. The highest BCUT2D eigenvalue weighted by molar-refractivity contribution is 9.10. The third-order valence-corrected chi connectivity index (χ3v) is 3.46. The van der Waals surface area contributed by atoms with Gasteiger partial charge in [0.2, 0.25) is 0 Å². The molecule has 0 saturated carbocycles. The molecule has 0 radical (unpaired) electrons. The minimum atomic E-state index is -0.476. The third-order valence-electron chi connectivity index (χ3n) is 2.59. The molecule has 2 N–H and O–H groups in total. The second-order valence-corrected chi connectivity index (χ2v) is 5.34. The Morgan fingerprint density at radius 1 is 1.15 bits per heavy atom. The first-order valence-electron chi connectivity index (χ1n) is 5.63. The second kappa shape index (κ2) is 6.28. The van der Waals surface area contributed by atoms with E-state index in [-0.39, 0.29) is 17.2 Å². The van der Waals surface area contributed by atoms with Crippen LogP contribution in [-0.4, -0.2) is 4.99 Å². The van der Waals surface area contributed by atoms with Gasteiger partial charge in [-0.2, -0.15) is 0 Å². The predicted molar refractivity (Wildman–Crippen MR) is 80.7 cm³/mol. The van der Waals surface area contributed by atoms with Crippen LogP contribution in [0.15, 0.2) is 40.9 Å². The van der Waals surface area contributed by atoms with Crippen molar-refractivity contribution in [2.45, 2.75) is 6.61 Å². The maximum Gasteiger partial charge on any atom is 0.141 e. The largest absolute Gasteiger partial charge is 0.489 e. The van der Waals surface area contributed by atoms with E-state index in [1.165, 1.54) is 18.2 Å². The van der Waals surface area contributed by atoms with Crippen molar-refractivity contribution < 1.29 is 13.5 Å². The topological polar surface area (TPSA) is 35.2 Å². The number of rotatable bonds is 4. The number of thiocarbonyl (C=S) groups is 1. The fraction of sp³-hybridized carbons (Fsp3) is 0.0714. The maximum absolute atomic E-state index is 13.4. The Morgan fingerprint density at radius 3 is 2.55 bits per heavy atom. The Morgan fingerprint density at radius 2 is 1.90 bits per heavy atom. The molecule has 0 spiro atoms. The number of halogens is 3. The molecule has 2 rings (SSSR count). The molecular formula is C14H10BrF2NOS. The number of hydrogen-bond donors (Lipinski definition) is 1. The van der Waals surface area contributed by atoms with Crippen LogP contribution < -0.4 is 10.5 Å². The molecule has 0 atom stereocenters. The quantitative estimate of drug-likeness (QED) is 0.841. The zero-order valence-corrected chi connectivity index (χ0v) is 12.6. The minimum absolute atomic E-state index is 0.0148. The Labute approximate surface area is 128 Å². The SMILES string of the molecule is NC(=S)c1cc(COc2ccc(Br)c(F)c2)ccc1F. The van der Waals surface area contributed by atoms with E-state index in [1.54, 1.807) is 18.2 Å². The molecule has 20 heavy (non-hydrogen) atoms. The van der Waals surface area contributed by atoms with Gasteiger partial charge in [-0.1, -0.05) is 18.3 Å². The van der Waals surface area contributed by atoms with E-state index in [1.807, 2.05) is 0 Å². The first kappa shape index (κ1) is 14.9. The van der Waals surface area contributed by atoms with Crippen LogP contribution in [0, 0.1) is 11.6 Å². The van der Waals surface area contributed by atoms with Gasteiger partial charge in [-0.3, -0.25) is 0 Å². The molecule has 0 fully saturated rings. The van der Waals surface area contributed by atoms with Crippen LogP contribution in [0.5, 0.6) is 5.75 Å². The van der Waals surface area contributed by atoms with Crippen molar-refractivity contribution in [3.8, 4) is 5.75 Å². The van der Waals surface area contributed by atoms with Crippen molar-refractivity contribution in [3.63, 3.8) is 0 Å². The van der Waals surface area contributed by atoms with Gasteiger partial charge in [-0.15, -0.1) is 0 Å². The lowest BCUT2D eigenvalue weighted by atomic mass is 10.1. The van der Waals surface area contributed by atoms with Gasteiger partial charge in [-0.25, -0.2) is 8.78 Å².